The van der Waals surface area contributed by atoms with E-state index in [1.165, 1.54) is 0 Å². The molecule has 0 radical (unpaired) electrons. The smallest absolute Gasteiger partial charge is 0.239 e. The van der Waals surface area contributed by atoms with Gasteiger partial charge in [0.15, 0.2) is 0 Å². The van der Waals surface area contributed by atoms with Gasteiger partial charge < -0.3 is 20.5 Å². The molecule has 1 aromatic carbocycles. The summed E-state index contributed by atoms with van der Waals surface area (Å²) in [6.45, 7) is 1.42. The zero-order chi connectivity index (χ0) is 14.5. The number of benzene rings is 1. The maximum Gasteiger partial charge on any atom is 0.239 e. The third-order valence-corrected chi connectivity index (χ3v) is 3.80. The molecule has 2 rings (SSSR count). The lowest BCUT2D eigenvalue weighted by Crippen LogP contribution is -2.49. The van der Waals surface area contributed by atoms with Gasteiger partial charge in [0.25, 0.3) is 0 Å². The summed E-state index contributed by atoms with van der Waals surface area (Å²) >= 11 is 0. The van der Waals surface area contributed by atoms with Crippen molar-refractivity contribution in [1.82, 2.24) is 4.90 Å². The molecular formula is C15H22N2O3. The summed E-state index contributed by atoms with van der Waals surface area (Å²) in [5, 5.41) is 9.23. The Morgan fingerprint density at radius 3 is 2.55 bits per heavy atom. The zero-order valence-corrected chi connectivity index (χ0v) is 11.8. The maximum absolute atomic E-state index is 12.3. The number of carbonyl (C=O) groups is 1. The molecule has 0 saturated carbocycles. The van der Waals surface area contributed by atoms with Gasteiger partial charge in [0, 0.05) is 20.2 Å². The summed E-state index contributed by atoms with van der Waals surface area (Å²) in [4.78, 5) is 14.1. The Morgan fingerprint density at radius 1 is 1.40 bits per heavy atom. The molecule has 20 heavy (non-hydrogen) atoms. The van der Waals surface area contributed by atoms with Gasteiger partial charge >= 0.3 is 0 Å². The molecule has 1 aromatic rings. The van der Waals surface area contributed by atoms with Crippen molar-refractivity contribution in [2.45, 2.75) is 31.4 Å². The number of hydrogen-bond donors (Lipinski definition) is 2. The number of ether oxygens (including phenoxy) is 1. The third-order valence-electron chi connectivity index (χ3n) is 3.80. The van der Waals surface area contributed by atoms with Crippen molar-refractivity contribution in [3.05, 3.63) is 29.8 Å². The van der Waals surface area contributed by atoms with Crippen molar-refractivity contribution >= 4 is 5.91 Å². The first-order chi connectivity index (χ1) is 9.60. The SMILES string of the molecule is COC1CCN(C(=O)[C@H](N)Cc2ccc(O)cc2)CC1. The fourth-order valence-electron chi connectivity index (χ4n) is 2.52. The van der Waals surface area contributed by atoms with E-state index in [4.69, 9.17) is 10.5 Å². The molecule has 0 unspecified atom stereocenters. The molecular weight excluding hydrogens is 256 g/mol. The highest BCUT2D eigenvalue weighted by atomic mass is 16.5. The van der Waals surface area contributed by atoms with Crippen LogP contribution in [-0.2, 0) is 16.0 Å². The van der Waals surface area contributed by atoms with E-state index in [1.54, 1.807) is 31.4 Å². The van der Waals surface area contributed by atoms with Crippen LogP contribution in [0.25, 0.3) is 0 Å². The van der Waals surface area contributed by atoms with Gasteiger partial charge in [0.2, 0.25) is 5.91 Å². The standard InChI is InChI=1S/C15H22N2O3/c1-20-13-6-8-17(9-7-13)15(19)14(16)10-11-2-4-12(18)5-3-11/h2-5,13-14,18H,6-10,16H2,1H3/t14-/m1/s1. The topological polar surface area (TPSA) is 75.8 Å². The summed E-state index contributed by atoms with van der Waals surface area (Å²) in [5.41, 5.74) is 6.95. The highest BCUT2D eigenvalue weighted by Crippen LogP contribution is 2.15. The van der Waals surface area contributed by atoms with E-state index in [1.807, 2.05) is 4.90 Å². The van der Waals surface area contributed by atoms with Crippen LogP contribution in [0.3, 0.4) is 0 Å². The minimum absolute atomic E-state index is 0.00683. The van der Waals surface area contributed by atoms with E-state index in [2.05, 4.69) is 0 Å². The molecule has 1 aliphatic rings. The van der Waals surface area contributed by atoms with Crippen molar-refractivity contribution < 1.29 is 14.6 Å². The molecule has 1 heterocycles. The lowest BCUT2D eigenvalue weighted by atomic mass is 10.0. The van der Waals surface area contributed by atoms with Gasteiger partial charge in [-0.2, -0.15) is 0 Å². The van der Waals surface area contributed by atoms with E-state index in [-0.39, 0.29) is 17.8 Å². The molecule has 110 valence electrons. The Morgan fingerprint density at radius 2 is 2.00 bits per heavy atom. The molecule has 5 heteroatoms. The number of carbonyl (C=O) groups excluding carboxylic acids is 1. The summed E-state index contributed by atoms with van der Waals surface area (Å²) in [5.74, 6) is 0.211. The van der Waals surface area contributed by atoms with E-state index in [9.17, 15) is 9.90 Å². The number of aromatic hydroxyl groups is 1. The maximum atomic E-state index is 12.3. The molecule has 1 aliphatic heterocycles. The molecule has 1 fully saturated rings. The fraction of sp³-hybridized carbons (Fsp3) is 0.533. The summed E-state index contributed by atoms with van der Waals surface area (Å²) in [6.07, 6.45) is 2.48. The molecule has 3 N–H and O–H groups in total. The highest BCUT2D eigenvalue weighted by Gasteiger charge is 2.26. The average molecular weight is 278 g/mol. The Labute approximate surface area is 119 Å². The average Bonchev–Trinajstić information content (AvgIpc) is 2.49. The van der Waals surface area contributed by atoms with E-state index < -0.39 is 6.04 Å². The Hall–Kier alpha value is -1.59. The van der Waals surface area contributed by atoms with Gasteiger partial charge in [0.05, 0.1) is 12.1 Å². The van der Waals surface area contributed by atoms with Crippen LogP contribution in [0.4, 0.5) is 0 Å². The van der Waals surface area contributed by atoms with Gasteiger partial charge in [-0.15, -0.1) is 0 Å². The summed E-state index contributed by atoms with van der Waals surface area (Å²) in [6, 6.07) is 6.27. The number of methoxy groups -OCH3 is 1. The molecule has 0 spiro atoms. The first-order valence-electron chi connectivity index (χ1n) is 6.95. The van der Waals surface area contributed by atoms with Crippen molar-refractivity contribution in [3.63, 3.8) is 0 Å². The first kappa shape index (κ1) is 14.8. The van der Waals surface area contributed by atoms with E-state index >= 15 is 0 Å². The number of piperidine rings is 1. The summed E-state index contributed by atoms with van der Waals surface area (Å²) < 4.78 is 5.29. The number of amides is 1. The lowest BCUT2D eigenvalue weighted by Gasteiger charge is -2.32. The van der Waals surface area contributed by atoms with Crippen LogP contribution >= 0.6 is 0 Å². The van der Waals surface area contributed by atoms with Gasteiger partial charge in [-0.3, -0.25) is 4.79 Å². The van der Waals surface area contributed by atoms with Gasteiger partial charge in [-0.25, -0.2) is 0 Å². The molecule has 5 nitrogen and oxygen atoms in total. The highest BCUT2D eigenvalue weighted by molar-refractivity contribution is 5.82. The van der Waals surface area contributed by atoms with Crippen molar-refractivity contribution in [2.75, 3.05) is 20.2 Å². The molecule has 1 amide bonds. The Kier molecular flexibility index (Phi) is 4.98. The Balaban J connectivity index is 1.87. The van der Waals surface area contributed by atoms with Crippen LogP contribution < -0.4 is 5.73 Å². The molecule has 0 bridgehead atoms. The van der Waals surface area contributed by atoms with Gasteiger partial charge in [-0.1, -0.05) is 12.1 Å². The van der Waals surface area contributed by atoms with Crippen molar-refractivity contribution in [3.8, 4) is 5.75 Å². The number of nitrogens with zero attached hydrogens (tertiary/aromatic N) is 1. The minimum Gasteiger partial charge on any atom is -0.508 e. The lowest BCUT2D eigenvalue weighted by molar-refractivity contribution is -0.134. The fourth-order valence-corrected chi connectivity index (χ4v) is 2.52. The monoisotopic (exact) mass is 278 g/mol. The van der Waals surface area contributed by atoms with Crippen molar-refractivity contribution in [2.24, 2.45) is 5.73 Å². The van der Waals surface area contributed by atoms with Gasteiger partial charge in [-0.05, 0) is 37.0 Å². The molecule has 0 aromatic heterocycles. The second-order valence-corrected chi connectivity index (χ2v) is 5.24. The first-order valence-corrected chi connectivity index (χ1v) is 6.95. The number of hydrogen-bond acceptors (Lipinski definition) is 4. The second kappa shape index (κ2) is 6.72. The van der Waals surface area contributed by atoms with Crippen LogP contribution in [0, 0.1) is 0 Å². The number of likely N-dealkylation sites (tertiary alicyclic amines) is 1. The Bertz CT molecular complexity index is 439. The van der Waals surface area contributed by atoms with Crippen LogP contribution in [0.1, 0.15) is 18.4 Å². The zero-order valence-electron chi connectivity index (χ0n) is 11.8. The summed E-state index contributed by atoms with van der Waals surface area (Å²) in [7, 11) is 1.71. The van der Waals surface area contributed by atoms with Crippen LogP contribution in [-0.4, -0.2) is 48.3 Å². The molecule has 1 atom stereocenters. The van der Waals surface area contributed by atoms with Crippen molar-refractivity contribution in [1.29, 1.82) is 0 Å². The number of phenols is 1. The third kappa shape index (κ3) is 3.71. The largest absolute Gasteiger partial charge is 0.508 e. The second-order valence-electron chi connectivity index (χ2n) is 5.24. The van der Waals surface area contributed by atoms with E-state index in [0.717, 1.165) is 18.4 Å². The number of phenolic OH excluding ortho intramolecular Hbond substituents is 1. The van der Waals surface area contributed by atoms with Gasteiger partial charge in [0.1, 0.15) is 5.75 Å². The molecule has 1 saturated heterocycles. The van der Waals surface area contributed by atoms with Crippen LogP contribution in [0.2, 0.25) is 0 Å². The number of nitrogens with two attached hydrogens (primary N) is 1. The predicted molar refractivity (Wildman–Crippen MR) is 76.4 cm³/mol. The quantitative estimate of drug-likeness (QED) is 0.858. The minimum atomic E-state index is -0.529. The van der Waals surface area contributed by atoms with E-state index in [0.29, 0.717) is 19.5 Å². The number of rotatable bonds is 4. The van der Waals surface area contributed by atoms with Crippen LogP contribution in [0.5, 0.6) is 5.75 Å². The predicted octanol–water partition coefficient (Wildman–Crippen LogP) is 0.899. The normalized spacial score (nSPS) is 18.0. The van der Waals surface area contributed by atoms with Crippen LogP contribution in [0.15, 0.2) is 24.3 Å². The molecule has 0 aliphatic carbocycles.